The van der Waals surface area contributed by atoms with E-state index in [4.69, 9.17) is 0 Å². The Balaban J connectivity index is 2.22. The molecule has 1 rings (SSSR count). The Hall–Kier alpha value is 0.440. The quantitative estimate of drug-likeness (QED) is 0.609. The van der Waals surface area contributed by atoms with E-state index in [0.717, 1.165) is 0 Å². The fourth-order valence-electron chi connectivity index (χ4n) is 0.706. The van der Waals surface area contributed by atoms with Crippen LogP contribution in [-0.2, 0) is 0 Å². The van der Waals surface area contributed by atoms with Crippen LogP contribution in [0.4, 0.5) is 0 Å². The summed E-state index contributed by atoms with van der Waals surface area (Å²) in [5.41, 5.74) is 0. The van der Waals surface area contributed by atoms with E-state index in [9.17, 15) is 0 Å². The fraction of sp³-hybridized carbons (Fsp3) is 0.714. The van der Waals surface area contributed by atoms with Crippen LogP contribution in [0.2, 0.25) is 0 Å². The summed E-state index contributed by atoms with van der Waals surface area (Å²) < 4.78 is 1.55. The summed E-state index contributed by atoms with van der Waals surface area (Å²) in [6, 6.07) is 0. The summed E-state index contributed by atoms with van der Waals surface area (Å²) in [6.45, 7) is 2.22. The van der Waals surface area contributed by atoms with Gasteiger partial charge in [-0.1, -0.05) is 19.4 Å². The van der Waals surface area contributed by atoms with E-state index in [1.807, 2.05) is 23.5 Å². The molecule has 0 unspecified atom stereocenters. The molecule has 0 spiro atoms. The van der Waals surface area contributed by atoms with Crippen molar-refractivity contribution >= 4 is 23.5 Å². The van der Waals surface area contributed by atoms with Crippen LogP contribution >= 0.6 is 23.5 Å². The predicted molar refractivity (Wildman–Crippen MR) is 47.9 cm³/mol. The molecule has 0 aliphatic carbocycles. The van der Waals surface area contributed by atoms with Crippen molar-refractivity contribution in [2.45, 2.75) is 19.8 Å². The van der Waals surface area contributed by atoms with E-state index >= 15 is 0 Å². The predicted octanol–water partition coefficient (Wildman–Crippen LogP) is 3.11. The van der Waals surface area contributed by atoms with Crippen LogP contribution in [0.1, 0.15) is 19.8 Å². The van der Waals surface area contributed by atoms with Crippen molar-refractivity contribution in [2.24, 2.45) is 0 Å². The lowest BCUT2D eigenvalue weighted by Gasteiger charge is -1.90. The number of allylic oxidation sites excluding steroid dienone is 1. The van der Waals surface area contributed by atoms with Gasteiger partial charge in [-0.05, 0) is 6.42 Å². The minimum Gasteiger partial charge on any atom is -0.119 e. The van der Waals surface area contributed by atoms with Gasteiger partial charge in [0.1, 0.15) is 0 Å². The molecule has 2 heteroatoms. The van der Waals surface area contributed by atoms with Crippen molar-refractivity contribution in [1.82, 2.24) is 0 Å². The smallest absolute Gasteiger partial charge is 0.0361 e. The van der Waals surface area contributed by atoms with Crippen molar-refractivity contribution in [3.8, 4) is 0 Å². The molecule has 1 saturated heterocycles. The first-order valence-electron chi connectivity index (χ1n) is 3.39. The number of rotatable bonds is 2. The van der Waals surface area contributed by atoms with Crippen molar-refractivity contribution in [3.05, 3.63) is 10.3 Å². The summed E-state index contributed by atoms with van der Waals surface area (Å²) in [5, 5.41) is 0. The zero-order valence-electron chi connectivity index (χ0n) is 5.72. The maximum atomic E-state index is 2.36. The molecule has 52 valence electrons. The van der Waals surface area contributed by atoms with Crippen molar-refractivity contribution < 1.29 is 0 Å². The first kappa shape index (κ1) is 7.55. The van der Waals surface area contributed by atoms with E-state index in [-0.39, 0.29) is 0 Å². The lowest BCUT2D eigenvalue weighted by atomic mass is 10.3. The zero-order valence-corrected chi connectivity index (χ0v) is 7.36. The van der Waals surface area contributed by atoms with Crippen LogP contribution in [0.5, 0.6) is 0 Å². The summed E-state index contributed by atoms with van der Waals surface area (Å²) in [7, 11) is 0. The number of hydrogen-bond donors (Lipinski definition) is 0. The Bertz CT molecular complexity index is 99.5. The van der Waals surface area contributed by atoms with Gasteiger partial charge >= 0.3 is 0 Å². The molecule has 0 aromatic heterocycles. The second kappa shape index (κ2) is 4.29. The third-order valence-electron chi connectivity index (χ3n) is 1.17. The normalized spacial score (nSPS) is 18.6. The van der Waals surface area contributed by atoms with Gasteiger partial charge in [0.05, 0.1) is 0 Å². The largest absolute Gasteiger partial charge is 0.119 e. The number of thioether (sulfide) groups is 2. The molecule has 0 nitrogen and oxygen atoms in total. The fourth-order valence-corrected chi connectivity index (χ4v) is 3.08. The molecular weight excluding hydrogens is 148 g/mol. The van der Waals surface area contributed by atoms with Gasteiger partial charge in [0, 0.05) is 15.7 Å². The van der Waals surface area contributed by atoms with Crippen molar-refractivity contribution in [3.63, 3.8) is 0 Å². The minimum atomic E-state index is 1.26. The molecule has 0 aromatic carbocycles. The Labute approximate surface area is 65.5 Å². The van der Waals surface area contributed by atoms with Gasteiger partial charge < -0.3 is 0 Å². The Morgan fingerprint density at radius 2 is 2.11 bits per heavy atom. The van der Waals surface area contributed by atoms with Crippen LogP contribution in [0, 0.1) is 0 Å². The highest BCUT2D eigenvalue weighted by molar-refractivity contribution is 8.25. The second-order valence-corrected chi connectivity index (χ2v) is 4.54. The van der Waals surface area contributed by atoms with Gasteiger partial charge in [-0.3, -0.25) is 0 Å². The maximum Gasteiger partial charge on any atom is 0.0361 e. The molecule has 1 heterocycles. The van der Waals surface area contributed by atoms with Crippen LogP contribution in [-0.4, -0.2) is 11.5 Å². The number of unbranched alkanes of at least 4 members (excludes halogenated alkanes) is 1. The first-order chi connectivity index (χ1) is 4.43. The zero-order chi connectivity index (χ0) is 6.53. The highest BCUT2D eigenvalue weighted by Gasteiger charge is 2.05. The van der Waals surface area contributed by atoms with Crippen LogP contribution in [0.25, 0.3) is 0 Å². The summed E-state index contributed by atoms with van der Waals surface area (Å²) in [4.78, 5) is 0. The highest BCUT2D eigenvalue weighted by atomic mass is 32.2. The molecule has 0 saturated carbocycles. The molecule has 0 atom stereocenters. The van der Waals surface area contributed by atoms with Crippen LogP contribution in [0.3, 0.4) is 0 Å². The van der Waals surface area contributed by atoms with Crippen LogP contribution in [0.15, 0.2) is 10.3 Å². The average Bonchev–Trinajstić information content (AvgIpc) is 2.34. The molecule has 1 fully saturated rings. The van der Waals surface area contributed by atoms with E-state index in [0.29, 0.717) is 0 Å². The summed E-state index contributed by atoms with van der Waals surface area (Å²) in [6.07, 6.45) is 4.91. The lowest BCUT2D eigenvalue weighted by Crippen LogP contribution is -1.64. The Kier molecular flexibility index (Phi) is 3.59. The minimum absolute atomic E-state index is 1.26. The molecule has 9 heavy (non-hydrogen) atoms. The molecule has 0 amide bonds. The molecule has 0 radical (unpaired) electrons. The van der Waals surface area contributed by atoms with Gasteiger partial charge in [0.25, 0.3) is 0 Å². The molecule has 0 N–H and O–H groups in total. The molecule has 0 bridgehead atoms. The monoisotopic (exact) mass is 160 g/mol. The number of hydrogen-bond acceptors (Lipinski definition) is 2. The van der Waals surface area contributed by atoms with Gasteiger partial charge in [0.2, 0.25) is 0 Å². The Morgan fingerprint density at radius 3 is 2.67 bits per heavy atom. The third-order valence-corrected chi connectivity index (χ3v) is 3.86. The molecule has 1 aliphatic rings. The van der Waals surface area contributed by atoms with E-state index in [1.54, 1.807) is 4.24 Å². The van der Waals surface area contributed by atoms with E-state index in [1.165, 1.54) is 24.3 Å². The maximum absolute atomic E-state index is 2.36. The van der Waals surface area contributed by atoms with Gasteiger partial charge in [-0.15, -0.1) is 23.5 Å². The topological polar surface area (TPSA) is 0 Å². The lowest BCUT2D eigenvalue weighted by molar-refractivity contribution is 0.959. The SMILES string of the molecule is CCCC=C1SCCS1. The summed E-state index contributed by atoms with van der Waals surface area (Å²) in [5.74, 6) is 2.64. The average molecular weight is 160 g/mol. The summed E-state index contributed by atoms with van der Waals surface area (Å²) >= 11 is 4.01. The third kappa shape index (κ3) is 2.67. The second-order valence-electron chi connectivity index (χ2n) is 2.01. The van der Waals surface area contributed by atoms with Gasteiger partial charge in [-0.2, -0.15) is 0 Å². The first-order valence-corrected chi connectivity index (χ1v) is 5.36. The molecule has 0 aromatic rings. The van der Waals surface area contributed by atoms with E-state index in [2.05, 4.69) is 13.0 Å². The van der Waals surface area contributed by atoms with Gasteiger partial charge in [-0.25, -0.2) is 0 Å². The molecular formula is C7H12S2. The van der Waals surface area contributed by atoms with Crippen molar-refractivity contribution in [2.75, 3.05) is 11.5 Å². The standard InChI is InChI=1S/C7H12S2/c1-2-3-4-7-8-5-6-9-7/h4H,2-3,5-6H2,1H3. The van der Waals surface area contributed by atoms with Crippen LogP contribution < -0.4 is 0 Å². The van der Waals surface area contributed by atoms with Gasteiger partial charge in [0.15, 0.2) is 0 Å². The van der Waals surface area contributed by atoms with Crippen molar-refractivity contribution in [1.29, 1.82) is 0 Å². The molecule has 1 aliphatic heterocycles. The highest BCUT2D eigenvalue weighted by Crippen LogP contribution is 2.36. The van der Waals surface area contributed by atoms with E-state index < -0.39 is 0 Å². The Morgan fingerprint density at radius 1 is 1.44 bits per heavy atom.